The molecule has 5 heteroatoms. The van der Waals surface area contributed by atoms with Gasteiger partial charge in [0.2, 0.25) is 0 Å². The summed E-state index contributed by atoms with van der Waals surface area (Å²) >= 11 is 0. The Kier molecular flexibility index (Phi) is 7.18. The van der Waals surface area contributed by atoms with E-state index in [-0.39, 0.29) is 12.6 Å². The maximum atomic E-state index is 11.7. The van der Waals surface area contributed by atoms with Crippen molar-refractivity contribution < 1.29 is 17.9 Å². The van der Waals surface area contributed by atoms with Crippen molar-refractivity contribution in [1.82, 2.24) is 0 Å². The molecule has 0 spiro atoms. The third kappa shape index (κ3) is 11.2. The van der Waals surface area contributed by atoms with Crippen LogP contribution in [0.4, 0.5) is 13.2 Å². The van der Waals surface area contributed by atoms with Crippen molar-refractivity contribution >= 4 is 0 Å². The number of hydrogen-bond donors (Lipinski definition) is 1. The van der Waals surface area contributed by atoms with E-state index in [1.54, 1.807) is 6.92 Å². The summed E-state index contributed by atoms with van der Waals surface area (Å²) in [6.07, 6.45) is -2.45. The first-order valence-corrected chi connectivity index (χ1v) is 4.75. The van der Waals surface area contributed by atoms with E-state index in [0.717, 1.165) is 0 Å². The van der Waals surface area contributed by atoms with Crippen LogP contribution < -0.4 is 5.73 Å². The molecule has 0 aliphatic rings. The first kappa shape index (κ1) is 14.3. The van der Waals surface area contributed by atoms with Crippen LogP contribution in [-0.4, -0.2) is 25.4 Å². The van der Waals surface area contributed by atoms with Gasteiger partial charge in [0, 0.05) is 19.1 Å². The van der Waals surface area contributed by atoms with Gasteiger partial charge in [0.1, 0.15) is 6.61 Å². The van der Waals surface area contributed by atoms with Crippen LogP contribution in [0.2, 0.25) is 0 Å². The molecule has 88 valence electrons. The van der Waals surface area contributed by atoms with Gasteiger partial charge in [0.25, 0.3) is 0 Å². The predicted octanol–water partition coefficient (Wildman–Crippen LogP) is 2.09. The van der Waals surface area contributed by atoms with E-state index in [0.29, 0.717) is 19.3 Å². The van der Waals surface area contributed by atoms with Crippen molar-refractivity contribution in [2.24, 2.45) is 5.73 Å². The summed E-state index contributed by atoms with van der Waals surface area (Å²) in [6.45, 7) is 0.576. The van der Waals surface area contributed by atoms with Crippen LogP contribution in [0.25, 0.3) is 0 Å². The molecule has 0 aliphatic heterocycles. The quantitative estimate of drug-likeness (QED) is 0.552. The van der Waals surface area contributed by atoms with Gasteiger partial charge >= 0.3 is 6.18 Å². The Morgan fingerprint density at radius 3 is 2.53 bits per heavy atom. The second-order valence-electron chi connectivity index (χ2n) is 3.18. The third-order valence-electron chi connectivity index (χ3n) is 1.72. The van der Waals surface area contributed by atoms with Crippen molar-refractivity contribution in [2.75, 3.05) is 13.2 Å². The Morgan fingerprint density at radius 2 is 2.00 bits per heavy atom. The number of alkyl halides is 3. The summed E-state index contributed by atoms with van der Waals surface area (Å²) in [7, 11) is 0. The number of rotatable bonds is 6. The summed E-state index contributed by atoms with van der Waals surface area (Å²) in [6, 6.07) is -0.140. The number of ether oxygens (including phenoxy) is 1. The number of nitrogens with two attached hydrogens (primary N) is 1. The fourth-order valence-electron chi connectivity index (χ4n) is 0.950. The molecule has 0 heterocycles. The first-order valence-electron chi connectivity index (χ1n) is 4.75. The molecule has 0 aliphatic carbocycles. The Labute approximate surface area is 88.0 Å². The molecule has 0 saturated heterocycles. The van der Waals surface area contributed by atoms with E-state index in [1.807, 2.05) is 0 Å². The Bertz CT molecular complexity index is 217. The molecule has 15 heavy (non-hydrogen) atoms. The minimum atomic E-state index is -4.25. The molecular weight excluding hydrogens is 207 g/mol. The van der Waals surface area contributed by atoms with Gasteiger partial charge in [-0.15, -0.1) is 11.8 Å². The Balaban J connectivity index is 3.37. The molecule has 0 rings (SSSR count). The second-order valence-corrected chi connectivity index (χ2v) is 3.18. The third-order valence-corrected chi connectivity index (χ3v) is 1.72. The van der Waals surface area contributed by atoms with Gasteiger partial charge in [-0.3, -0.25) is 0 Å². The zero-order chi connectivity index (χ0) is 11.7. The van der Waals surface area contributed by atoms with Gasteiger partial charge in [-0.1, -0.05) is 0 Å². The highest BCUT2D eigenvalue weighted by Gasteiger charge is 2.27. The van der Waals surface area contributed by atoms with E-state index in [1.165, 1.54) is 0 Å². The minimum Gasteiger partial charge on any atom is -0.372 e. The van der Waals surface area contributed by atoms with Crippen LogP contribution in [0, 0.1) is 11.8 Å². The highest BCUT2D eigenvalue weighted by molar-refractivity contribution is 4.95. The standard InChI is InChI=1S/C10H16F3NO/c1-2-3-4-5-9(14)6-7-15-8-10(11,12)13/h9H,4-8,14H2,1H3. The van der Waals surface area contributed by atoms with Gasteiger partial charge in [-0.25, -0.2) is 0 Å². The lowest BCUT2D eigenvalue weighted by molar-refractivity contribution is -0.174. The lowest BCUT2D eigenvalue weighted by Gasteiger charge is -2.11. The predicted molar refractivity (Wildman–Crippen MR) is 52.2 cm³/mol. The molecule has 2 nitrogen and oxygen atoms in total. The van der Waals surface area contributed by atoms with E-state index in [2.05, 4.69) is 16.6 Å². The topological polar surface area (TPSA) is 35.2 Å². The molecule has 1 atom stereocenters. The molecular formula is C10H16F3NO. The van der Waals surface area contributed by atoms with Crippen LogP contribution in [0.1, 0.15) is 26.2 Å². The summed E-state index contributed by atoms with van der Waals surface area (Å²) < 4.78 is 39.4. The van der Waals surface area contributed by atoms with Crippen molar-refractivity contribution in [1.29, 1.82) is 0 Å². The summed E-state index contributed by atoms with van der Waals surface area (Å²) in [5.41, 5.74) is 5.64. The van der Waals surface area contributed by atoms with E-state index in [4.69, 9.17) is 5.73 Å². The molecule has 0 amide bonds. The van der Waals surface area contributed by atoms with Crippen molar-refractivity contribution in [3.63, 3.8) is 0 Å². The van der Waals surface area contributed by atoms with Crippen molar-refractivity contribution in [3.05, 3.63) is 0 Å². The second kappa shape index (κ2) is 7.55. The molecule has 2 N–H and O–H groups in total. The van der Waals surface area contributed by atoms with Gasteiger partial charge in [0.15, 0.2) is 0 Å². The molecule has 1 unspecified atom stereocenters. The molecule has 0 fully saturated rings. The smallest absolute Gasteiger partial charge is 0.372 e. The number of hydrogen-bond acceptors (Lipinski definition) is 2. The number of halogens is 3. The fraction of sp³-hybridized carbons (Fsp3) is 0.800. The maximum absolute atomic E-state index is 11.7. The van der Waals surface area contributed by atoms with Gasteiger partial charge in [0.05, 0.1) is 0 Å². The summed E-state index contributed by atoms with van der Waals surface area (Å²) in [4.78, 5) is 0. The maximum Gasteiger partial charge on any atom is 0.411 e. The Morgan fingerprint density at radius 1 is 1.33 bits per heavy atom. The van der Waals surface area contributed by atoms with E-state index >= 15 is 0 Å². The van der Waals surface area contributed by atoms with Gasteiger partial charge < -0.3 is 10.5 Å². The van der Waals surface area contributed by atoms with Gasteiger partial charge in [-0.05, 0) is 19.8 Å². The highest BCUT2D eigenvalue weighted by atomic mass is 19.4. The Hall–Kier alpha value is -0.730. The largest absolute Gasteiger partial charge is 0.411 e. The lowest BCUT2D eigenvalue weighted by Crippen LogP contribution is -2.24. The summed E-state index contributed by atoms with van der Waals surface area (Å²) in [5, 5.41) is 0. The molecule has 0 aromatic rings. The molecule has 0 saturated carbocycles. The minimum absolute atomic E-state index is 0.0419. The van der Waals surface area contributed by atoms with E-state index < -0.39 is 12.8 Å². The fourth-order valence-corrected chi connectivity index (χ4v) is 0.950. The van der Waals surface area contributed by atoms with Crippen molar-refractivity contribution in [2.45, 2.75) is 38.4 Å². The average molecular weight is 223 g/mol. The molecule has 0 aromatic heterocycles. The summed E-state index contributed by atoms with van der Waals surface area (Å²) in [5.74, 6) is 5.57. The van der Waals surface area contributed by atoms with Crippen LogP contribution in [0.3, 0.4) is 0 Å². The van der Waals surface area contributed by atoms with Crippen molar-refractivity contribution in [3.8, 4) is 11.8 Å². The SMILES string of the molecule is CC#CCCC(N)CCOCC(F)(F)F. The zero-order valence-corrected chi connectivity index (χ0v) is 8.73. The molecule has 0 aromatic carbocycles. The first-order chi connectivity index (χ1) is 6.95. The zero-order valence-electron chi connectivity index (χ0n) is 8.73. The molecule has 0 radical (unpaired) electrons. The van der Waals surface area contributed by atoms with Gasteiger partial charge in [-0.2, -0.15) is 13.2 Å². The van der Waals surface area contributed by atoms with Crippen LogP contribution in [-0.2, 0) is 4.74 Å². The van der Waals surface area contributed by atoms with Crippen LogP contribution in [0.5, 0.6) is 0 Å². The monoisotopic (exact) mass is 223 g/mol. The highest BCUT2D eigenvalue weighted by Crippen LogP contribution is 2.14. The average Bonchev–Trinajstić information content (AvgIpc) is 2.11. The van der Waals surface area contributed by atoms with Crippen LogP contribution >= 0.6 is 0 Å². The normalized spacial score (nSPS) is 13.1. The van der Waals surface area contributed by atoms with Crippen LogP contribution in [0.15, 0.2) is 0 Å². The lowest BCUT2D eigenvalue weighted by atomic mass is 10.1. The van der Waals surface area contributed by atoms with E-state index in [9.17, 15) is 13.2 Å². The molecule has 0 bridgehead atoms.